The maximum atomic E-state index is 12.1. The Labute approximate surface area is 123 Å². The number of carbonyl (C=O) groups excluding carboxylic acids is 1. The Hall–Kier alpha value is -2.08. The number of carboxylic acids is 1. The molecule has 1 aliphatic rings. The fourth-order valence-electron chi connectivity index (χ4n) is 2.38. The van der Waals surface area contributed by atoms with Crippen molar-refractivity contribution in [2.45, 2.75) is 19.4 Å². The summed E-state index contributed by atoms with van der Waals surface area (Å²) in [4.78, 5) is 24.2. The van der Waals surface area contributed by atoms with Crippen LogP contribution in [-0.2, 0) is 22.5 Å². The van der Waals surface area contributed by atoms with E-state index in [1.165, 1.54) is 11.1 Å². The number of benzene rings is 1. The van der Waals surface area contributed by atoms with Gasteiger partial charge in [0, 0.05) is 19.6 Å². The quantitative estimate of drug-likeness (QED) is 0.800. The predicted molar refractivity (Wildman–Crippen MR) is 77.0 cm³/mol. The van der Waals surface area contributed by atoms with E-state index < -0.39 is 5.97 Å². The zero-order valence-corrected chi connectivity index (χ0v) is 11.9. The lowest BCUT2D eigenvalue weighted by atomic mass is 10.0. The van der Waals surface area contributed by atoms with Gasteiger partial charge in [-0.1, -0.05) is 24.3 Å². The SMILES string of the molecule is O=C(O)COCCNC(=O)N1CCCc2ccccc2C1. The van der Waals surface area contributed by atoms with Gasteiger partial charge in [-0.3, -0.25) is 0 Å². The van der Waals surface area contributed by atoms with Gasteiger partial charge in [0.15, 0.2) is 0 Å². The van der Waals surface area contributed by atoms with Crippen molar-refractivity contribution in [3.8, 4) is 0 Å². The van der Waals surface area contributed by atoms with Gasteiger partial charge in [-0.25, -0.2) is 9.59 Å². The molecule has 0 aliphatic carbocycles. The Morgan fingerprint density at radius 1 is 1.29 bits per heavy atom. The summed E-state index contributed by atoms with van der Waals surface area (Å²) in [5, 5.41) is 11.2. The molecule has 1 aliphatic heterocycles. The van der Waals surface area contributed by atoms with Crippen molar-refractivity contribution in [2.75, 3.05) is 26.3 Å². The normalized spacial score (nSPS) is 14.2. The van der Waals surface area contributed by atoms with Crippen LogP contribution in [0.1, 0.15) is 17.5 Å². The summed E-state index contributed by atoms with van der Waals surface area (Å²) < 4.78 is 4.88. The van der Waals surface area contributed by atoms with Crippen molar-refractivity contribution in [3.05, 3.63) is 35.4 Å². The topological polar surface area (TPSA) is 78.9 Å². The molecule has 1 aromatic carbocycles. The molecule has 21 heavy (non-hydrogen) atoms. The molecule has 2 rings (SSSR count). The first-order valence-corrected chi connectivity index (χ1v) is 7.06. The molecule has 0 saturated heterocycles. The lowest BCUT2D eigenvalue weighted by Gasteiger charge is -2.21. The maximum Gasteiger partial charge on any atom is 0.329 e. The highest BCUT2D eigenvalue weighted by atomic mass is 16.5. The van der Waals surface area contributed by atoms with Crippen LogP contribution >= 0.6 is 0 Å². The molecule has 1 aromatic rings. The minimum atomic E-state index is -1.01. The van der Waals surface area contributed by atoms with Crippen LogP contribution in [0.15, 0.2) is 24.3 Å². The Morgan fingerprint density at radius 3 is 2.81 bits per heavy atom. The van der Waals surface area contributed by atoms with E-state index in [1.54, 1.807) is 4.90 Å². The van der Waals surface area contributed by atoms with Crippen LogP contribution < -0.4 is 5.32 Å². The standard InChI is InChI=1S/C15H20N2O4/c18-14(19)11-21-9-7-16-15(20)17-8-3-6-12-4-1-2-5-13(12)10-17/h1-2,4-5H,3,6-11H2,(H,16,20)(H,18,19). The van der Waals surface area contributed by atoms with Gasteiger partial charge in [0.1, 0.15) is 6.61 Å². The summed E-state index contributed by atoms with van der Waals surface area (Å²) in [6.45, 7) is 1.49. The van der Waals surface area contributed by atoms with Gasteiger partial charge in [-0.05, 0) is 24.0 Å². The number of carbonyl (C=O) groups is 2. The third-order valence-corrected chi connectivity index (χ3v) is 3.39. The summed E-state index contributed by atoms with van der Waals surface area (Å²) in [5.41, 5.74) is 2.49. The van der Waals surface area contributed by atoms with Gasteiger partial charge in [0.25, 0.3) is 0 Å². The van der Waals surface area contributed by atoms with Crippen LogP contribution in [0, 0.1) is 0 Å². The van der Waals surface area contributed by atoms with Crippen LogP contribution in [-0.4, -0.2) is 48.3 Å². The fraction of sp³-hybridized carbons (Fsp3) is 0.467. The molecule has 6 heteroatoms. The van der Waals surface area contributed by atoms with Crippen LogP contribution in [0.5, 0.6) is 0 Å². The molecular formula is C15H20N2O4. The zero-order valence-electron chi connectivity index (χ0n) is 11.9. The minimum Gasteiger partial charge on any atom is -0.480 e. The molecule has 2 N–H and O–H groups in total. The number of aliphatic carboxylic acids is 1. The Kier molecular flexibility index (Phi) is 5.57. The van der Waals surface area contributed by atoms with E-state index in [4.69, 9.17) is 9.84 Å². The first-order valence-electron chi connectivity index (χ1n) is 7.06. The summed E-state index contributed by atoms with van der Waals surface area (Å²) in [6.07, 6.45) is 1.93. The van der Waals surface area contributed by atoms with E-state index in [0.717, 1.165) is 19.4 Å². The zero-order chi connectivity index (χ0) is 15.1. The summed E-state index contributed by atoms with van der Waals surface area (Å²) >= 11 is 0. The van der Waals surface area contributed by atoms with Crippen molar-refractivity contribution >= 4 is 12.0 Å². The second kappa shape index (κ2) is 7.64. The van der Waals surface area contributed by atoms with Crippen LogP contribution in [0.4, 0.5) is 4.79 Å². The second-order valence-electron chi connectivity index (χ2n) is 4.97. The fourth-order valence-corrected chi connectivity index (χ4v) is 2.38. The Balaban J connectivity index is 1.79. The number of nitrogens with zero attached hydrogens (tertiary/aromatic N) is 1. The minimum absolute atomic E-state index is 0.134. The molecule has 0 aromatic heterocycles. The number of hydrogen-bond acceptors (Lipinski definition) is 3. The molecular weight excluding hydrogens is 272 g/mol. The average Bonchev–Trinajstić information content (AvgIpc) is 2.68. The highest BCUT2D eigenvalue weighted by Crippen LogP contribution is 2.18. The van der Waals surface area contributed by atoms with E-state index in [2.05, 4.69) is 17.4 Å². The summed E-state index contributed by atoms with van der Waals surface area (Å²) in [7, 11) is 0. The molecule has 0 fully saturated rings. The monoisotopic (exact) mass is 292 g/mol. The number of nitrogens with one attached hydrogen (secondary N) is 1. The number of amides is 2. The van der Waals surface area contributed by atoms with E-state index in [-0.39, 0.29) is 19.2 Å². The van der Waals surface area contributed by atoms with Gasteiger partial charge in [0.05, 0.1) is 6.61 Å². The van der Waals surface area contributed by atoms with Gasteiger partial charge in [-0.2, -0.15) is 0 Å². The molecule has 0 bridgehead atoms. The van der Waals surface area contributed by atoms with Crippen molar-refractivity contribution < 1.29 is 19.4 Å². The van der Waals surface area contributed by atoms with Gasteiger partial charge in [-0.15, -0.1) is 0 Å². The largest absolute Gasteiger partial charge is 0.480 e. The highest BCUT2D eigenvalue weighted by Gasteiger charge is 2.18. The lowest BCUT2D eigenvalue weighted by molar-refractivity contribution is -0.142. The van der Waals surface area contributed by atoms with Gasteiger partial charge < -0.3 is 20.1 Å². The Morgan fingerprint density at radius 2 is 2.05 bits per heavy atom. The van der Waals surface area contributed by atoms with Crippen molar-refractivity contribution in [3.63, 3.8) is 0 Å². The molecule has 6 nitrogen and oxygen atoms in total. The number of rotatable bonds is 5. The van der Waals surface area contributed by atoms with Crippen molar-refractivity contribution in [2.24, 2.45) is 0 Å². The lowest BCUT2D eigenvalue weighted by Crippen LogP contribution is -2.41. The van der Waals surface area contributed by atoms with Crippen molar-refractivity contribution in [1.29, 1.82) is 0 Å². The number of urea groups is 1. The molecule has 0 atom stereocenters. The predicted octanol–water partition coefficient (Wildman–Crippen LogP) is 1.25. The Bertz CT molecular complexity index is 504. The van der Waals surface area contributed by atoms with E-state index in [9.17, 15) is 9.59 Å². The van der Waals surface area contributed by atoms with Crippen LogP contribution in [0.2, 0.25) is 0 Å². The molecule has 1 heterocycles. The third-order valence-electron chi connectivity index (χ3n) is 3.39. The molecule has 0 radical (unpaired) electrons. The number of aryl methyl sites for hydroxylation is 1. The van der Waals surface area contributed by atoms with Crippen LogP contribution in [0.3, 0.4) is 0 Å². The molecule has 2 amide bonds. The summed E-state index contributed by atoms with van der Waals surface area (Å²) in [5.74, 6) is -1.01. The number of hydrogen-bond donors (Lipinski definition) is 2. The van der Waals surface area contributed by atoms with Gasteiger partial charge in [0.2, 0.25) is 0 Å². The first kappa shape index (κ1) is 15.3. The number of ether oxygens (including phenoxy) is 1. The molecule has 0 saturated carbocycles. The van der Waals surface area contributed by atoms with E-state index in [0.29, 0.717) is 13.1 Å². The van der Waals surface area contributed by atoms with Crippen LogP contribution in [0.25, 0.3) is 0 Å². The average molecular weight is 292 g/mol. The highest BCUT2D eigenvalue weighted by molar-refractivity contribution is 5.74. The molecule has 0 spiro atoms. The molecule has 0 unspecified atom stereocenters. The number of fused-ring (bicyclic) bond motifs is 1. The second-order valence-corrected chi connectivity index (χ2v) is 4.97. The smallest absolute Gasteiger partial charge is 0.329 e. The third kappa shape index (κ3) is 4.75. The number of carboxylic acid groups (broad SMARTS) is 1. The van der Waals surface area contributed by atoms with Gasteiger partial charge >= 0.3 is 12.0 Å². The van der Waals surface area contributed by atoms with Crippen molar-refractivity contribution in [1.82, 2.24) is 10.2 Å². The van der Waals surface area contributed by atoms with E-state index >= 15 is 0 Å². The molecule has 114 valence electrons. The first-order chi connectivity index (χ1) is 10.2. The summed E-state index contributed by atoms with van der Waals surface area (Å²) in [6, 6.07) is 8.03. The van der Waals surface area contributed by atoms with E-state index in [1.807, 2.05) is 12.1 Å². The maximum absolute atomic E-state index is 12.1.